The van der Waals surface area contributed by atoms with E-state index in [-0.39, 0.29) is 11.9 Å². The van der Waals surface area contributed by atoms with Gasteiger partial charge in [0.15, 0.2) is 0 Å². The molecule has 0 aliphatic carbocycles. The molecule has 6 nitrogen and oxygen atoms in total. The number of hydrogen-bond donors (Lipinski definition) is 1. The summed E-state index contributed by atoms with van der Waals surface area (Å²) < 4.78 is 3.86. The highest BCUT2D eigenvalue weighted by Crippen LogP contribution is 2.20. The first kappa shape index (κ1) is 17.5. The van der Waals surface area contributed by atoms with E-state index in [1.807, 2.05) is 32.2 Å². The van der Waals surface area contributed by atoms with Gasteiger partial charge in [-0.2, -0.15) is 10.2 Å². The number of hydrogen-bond acceptors (Lipinski definition) is 3. The maximum Gasteiger partial charge on any atom is 0.255 e. The summed E-state index contributed by atoms with van der Waals surface area (Å²) in [6.45, 7) is 2.96. The highest BCUT2D eigenvalue weighted by atomic mass is 16.1. The second kappa shape index (κ2) is 7.39. The maximum absolute atomic E-state index is 12.9. The van der Waals surface area contributed by atoms with Crippen LogP contribution in [0.15, 0.2) is 42.6 Å². The van der Waals surface area contributed by atoms with Crippen LogP contribution < -0.4 is 5.32 Å². The minimum Gasteiger partial charge on any atom is -0.344 e. The van der Waals surface area contributed by atoms with E-state index in [9.17, 15) is 4.79 Å². The number of carbonyl (C=O) groups is 1. The zero-order valence-corrected chi connectivity index (χ0v) is 15.9. The molecule has 3 heterocycles. The van der Waals surface area contributed by atoms with Crippen LogP contribution in [-0.2, 0) is 26.4 Å². The van der Waals surface area contributed by atoms with Gasteiger partial charge in [0.1, 0.15) is 0 Å². The van der Waals surface area contributed by atoms with Crippen LogP contribution in [-0.4, -0.2) is 25.5 Å². The number of rotatable bonds is 5. The average Bonchev–Trinajstić information content (AvgIpc) is 3.27. The Bertz CT molecular complexity index is 917. The molecule has 0 spiro atoms. The summed E-state index contributed by atoms with van der Waals surface area (Å²) in [6.07, 6.45) is 5.78. The molecule has 6 heteroatoms. The van der Waals surface area contributed by atoms with Crippen molar-refractivity contribution in [3.8, 4) is 0 Å². The van der Waals surface area contributed by atoms with E-state index in [0.717, 1.165) is 29.9 Å². The molecule has 1 amide bonds. The molecule has 140 valence electrons. The van der Waals surface area contributed by atoms with Crippen molar-refractivity contribution in [3.05, 3.63) is 70.8 Å². The van der Waals surface area contributed by atoms with Crippen LogP contribution in [0.1, 0.15) is 58.8 Å². The van der Waals surface area contributed by atoms with Gasteiger partial charge in [-0.3, -0.25) is 14.2 Å². The van der Waals surface area contributed by atoms with Gasteiger partial charge in [0.25, 0.3) is 5.91 Å². The normalized spacial score (nSPS) is 14.6. The largest absolute Gasteiger partial charge is 0.344 e. The van der Waals surface area contributed by atoms with E-state index in [1.54, 1.807) is 10.9 Å². The van der Waals surface area contributed by atoms with Crippen LogP contribution in [0.5, 0.6) is 0 Å². The fourth-order valence-electron chi connectivity index (χ4n) is 3.65. The molecular weight excluding hydrogens is 338 g/mol. The van der Waals surface area contributed by atoms with Crippen LogP contribution in [0.4, 0.5) is 0 Å². The number of amides is 1. The topological polar surface area (TPSA) is 64.7 Å². The molecule has 0 fully saturated rings. The SMILES string of the molecule is CC(NC(=O)c1cnn(C)c1Cc1ccccc1)c1cc2n(n1)CCCC2. The summed E-state index contributed by atoms with van der Waals surface area (Å²) in [4.78, 5) is 12.9. The Morgan fingerprint density at radius 2 is 2.07 bits per heavy atom. The van der Waals surface area contributed by atoms with Gasteiger partial charge in [-0.25, -0.2) is 0 Å². The van der Waals surface area contributed by atoms with E-state index >= 15 is 0 Å². The van der Waals surface area contributed by atoms with Crippen LogP contribution in [0.2, 0.25) is 0 Å². The minimum atomic E-state index is -0.139. The number of nitrogens with one attached hydrogen (secondary N) is 1. The third kappa shape index (κ3) is 3.65. The predicted octanol–water partition coefficient (Wildman–Crippen LogP) is 3.03. The highest BCUT2D eigenvalue weighted by Gasteiger charge is 2.21. The zero-order valence-electron chi connectivity index (χ0n) is 15.9. The summed E-state index contributed by atoms with van der Waals surface area (Å²) in [5.74, 6) is -0.104. The second-order valence-corrected chi connectivity index (χ2v) is 7.23. The van der Waals surface area contributed by atoms with Crippen molar-refractivity contribution in [1.29, 1.82) is 0 Å². The number of aromatic nitrogens is 4. The Hall–Kier alpha value is -2.89. The second-order valence-electron chi connectivity index (χ2n) is 7.23. The first-order valence-electron chi connectivity index (χ1n) is 9.54. The molecule has 1 unspecified atom stereocenters. The van der Waals surface area contributed by atoms with E-state index in [0.29, 0.717) is 12.0 Å². The van der Waals surface area contributed by atoms with Gasteiger partial charge in [-0.1, -0.05) is 30.3 Å². The van der Waals surface area contributed by atoms with Crippen molar-refractivity contribution in [2.24, 2.45) is 7.05 Å². The van der Waals surface area contributed by atoms with Crippen LogP contribution in [0, 0.1) is 0 Å². The van der Waals surface area contributed by atoms with Gasteiger partial charge in [-0.05, 0) is 37.8 Å². The first-order chi connectivity index (χ1) is 13.1. The van der Waals surface area contributed by atoms with Crippen molar-refractivity contribution >= 4 is 5.91 Å². The van der Waals surface area contributed by atoms with Gasteiger partial charge in [-0.15, -0.1) is 0 Å². The summed E-state index contributed by atoms with van der Waals surface area (Å²) in [7, 11) is 1.88. The van der Waals surface area contributed by atoms with Crippen LogP contribution >= 0.6 is 0 Å². The lowest BCUT2D eigenvalue weighted by atomic mass is 10.1. The van der Waals surface area contributed by atoms with E-state index < -0.39 is 0 Å². The van der Waals surface area contributed by atoms with Gasteiger partial charge in [0.2, 0.25) is 0 Å². The highest BCUT2D eigenvalue weighted by molar-refractivity contribution is 5.95. The van der Waals surface area contributed by atoms with E-state index in [1.165, 1.54) is 18.5 Å². The Morgan fingerprint density at radius 1 is 1.26 bits per heavy atom. The predicted molar refractivity (Wildman–Crippen MR) is 104 cm³/mol. The Morgan fingerprint density at radius 3 is 2.85 bits per heavy atom. The molecule has 1 atom stereocenters. The van der Waals surface area contributed by atoms with Crippen molar-refractivity contribution in [2.45, 2.75) is 45.2 Å². The van der Waals surface area contributed by atoms with Gasteiger partial charge in [0.05, 0.1) is 29.2 Å². The van der Waals surface area contributed by atoms with Crippen molar-refractivity contribution in [1.82, 2.24) is 24.9 Å². The maximum atomic E-state index is 12.9. The lowest BCUT2D eigenvalue weighted by Crippen LogP contribution is -2.28. The third-order valence-corrected chi connectivity index (χ3v) is 5.25. The Labute approximate surface area is 159 Å². The summed E-state index contributed by atoms with van der Waals surface area (Å²) in [5, 5.41) is 12.1. The molecule has 1 aromatic carbocycles. The minimum absolute atomic E-state index is 0.104. The molecule has 2 aromatic heterocycles. The lowest BCUT2D eigenvalue weighted by molar-refractivity contribution is 0.0938. The van der Waals surface area contributed by atoms with Crippen molar-refractivity contribution in [2.75, 3.05) is 0 Å². The summed E-state index contributed by atoms with van der Waals surface area (Å²) >= 11 is 0. The Kier molecular flexibility index (Phi) is 4.79. The number of aryl methyl sites for hydroxylation is 3. The Balaban J connectivity index is 1.50. The molecule has 0 bridgehead atoms. The molecule has 4 rings (SSSR count). The summed E-state index contributed by atoms with van der Waals surface area (Å²) in [5.41, 5.74) is 4.88. The number of benzene rings is 1. The van der Waals surface area contributed by atoms with E-state index in [4.69, 9.17) is 0 Å². The third-order valence-electron chi connectivity index (χ3n) is 5.25. The zero-order chi connectivity index (χ0) is 18.8. The van der Waals surface area contributed by atoms with Crippen LogP contribution in [0.3, 0.4) is 0 Å². The summed E-state index contributed by atoms with van der Waals surface area (Å²) in [6, 6.07) is 12.1. The standard InChI is InChI=1S/C21H25N5O/c1-15(19-13-17-10-6-7-11-26(17)24-19)23-21(27)18-14-22-25(2)20(18)12-16-8-4-3-5-9-16/h3-5,8-9,13-15H,6-7,10-12H2,1-2H3,(H,23,27). The number of carbonyl (C=O) groups excluding carboxylic acids is 1. The fourth-order valence-corrected chi connectivity index (χ4v) is 3.65. The number of fused-ring (bicyclic) bond motifs is 1. The molecule has 27 heavy (non-hydrogen) atoms. The number of nitrogens with zero attached hydrogens (tertiary/aromatic N) is 4. The average molecular weight is 363 g/mol. The molecule has 1 N–H and O–H groups in total. The molecule has 1 aliphatic heterocycles. The lowest BCUT2D eigenvalue weighted by Gasteiger charge is -2.13. The smallest absolute Gasteiger partial charge is 0.255 e. The molecule has 0 saturated heterocycles. The monoisotopic (exact) mass is 363 g/mol. The fraction of sp³-hybridized carbons (Fsp3) is 0.381. The van der Waals surface area contributed by atoms with Crippen LogP contribution in [0.25, 0.3) is 0 Å². The van der Waals surface area contributed by atoms with Crippen molar-refractivity contribution < 1.29 is 4.79 Å². The molecule has 0 radical (unpaired) electrons. The molecular formula is C21H25N5O. The van der Waals surface area contributed by atoms with Crippen molar-refractivity contribution in [3.63, 3.8) is 0 Å². The molecule has 3 aromatic rings. The first-order valence-corrected chi connectivity index (χ1v) is 9.54. The molecule has 0 saturated carbocycles. The van der Waals surface area contributed by atoms with Gasteiger partial charge >= 0.3 is 0 Å². The molecule has 1 aliphatic rings. The van der Waals surface area contributed by atoms with Gasteiger partial charge < -0.3 is 5.32 Å². The van der Waals surface area contributed by atoms with E-state index in [2.05, 4.69) is 38.4 Å². The quantitative estimate of drug-likeness (QED) is 0.758. The van der Waals surface area contributed by atoms with Gasteiger partial charge in [0, 0.05) is 25.7 Å².